The Balaban J connectivity index is 2.03. The number of nitrogens with one attached hydrogen (secondary N) is 1. The van der Waals surface area contributed by atoms with Crippen LogP contribution >= 0.6 is 0 Å². The molecule has 2 rings (SSSR count). The number of hydrogen-bond acceptors (Lipinski definition) is 3. The second-order valence-corrected chi connectivity index (χ2v) is 4.11. The van der Waals surface area contributed by atoms with Crippen molar-refractivity contribution in [1.82, 2.24) is 0 Å². The number of para-hydroxylation sites is 1. The summed E-state index contributed by atoms with van der Waals surface area (Å²) in [6.45, 7) is 2.00. The van der Waals surface area contributed by atoms with Gasteiger partial charge in [-0.15, -0.1) is 0 Å². The molecule has 0 amide bonds. The summed E-state index contributed by atoms with van der Waals surface area (Å²) >= 11 is 0. The first-order chi connectivity index (χ1) is 9.16. The van der Waals surface area contributed by atoms with Crippen LogP contribution in [0.25, 0.3) is 0 Å². The highest BCUT2D eigenvalue weighted by Gasteiger charge is 2.00. The van der Waals surface area contributed by atoms with E-state index in [9.17, 15) is 4.79 Å². The molecule has 2 aromatic rings. The zero-order valence-electron chi connectivity index (χ0n) is 10.5. The van der Waals surface area contributed by atoms with Crippen molar-refractivity contribution < 1.29 is 9.90 Å². The minimum Gasteiger partial charge on any atom is -0.478 e. The Hall–Kier alpha value is -2.62. The van der Waals surface area contributed by atoms with E-state index in [0.717, 1.165) is 16.8 Å². The number of rotatable bonds is 4. The quantitative estimate of drug-likeness (QED) is 0.651. The molecule has 0 aromatic heterocycles. The van der Waals surface area contributed by atoms with Crippen LogP contribution in [-0.2, 0) is 0 Å². The van der Waals surface area contributed by atoms with Gasteiger partial charge in [-0.05, 0) is 36.2 Å². The maximum absolute atomic E-state index is 10.7. The summed E-state index contributed by atoms with van der Waals surface area (Å²) in [6, 6.07) is 14.4. The number of anilines is 1. The molecule has 19 heavy (non-hydrogen) atoms. The first-order valence-electron chi connectivity index (χ1n) is 5.85. The van der Waals surface area contributed by atoms with Gasteiger partial charge in [0.25, 0.3) is 0 Å². The van der Waals surface area contributed by atoms with Gasteiger partial charge in [0.05, 0.1) is 17.5 Å². The lowest BCUT2D eigenvalue weighted by atomic mass is 10.1. The average Bonchev–Trinajstić information content (AvgIpc) is 2.41. The van der Waals surface area contributed by atoms with Crippen LogP contribution in [0.4, 0.5) is 5.69 Å². The fourth-order valence-corrected chi connectivity index (χ4v) is 1.59. The van der Waals surface area contributed by atoms with Gasteiger partial charge >= 0.3 is 5.97 Å². The van der Waals surface area contributed by atoms with Crippen molar-refractivity contribution in [2.24, 2.45) is 5.10 Å². The van der Waals surface area contributed by atoms with Gasteiger partial charge in [-0.2, -0.15) is 5.10 Å². The van der Waals surface area contributed by atoms with Crippen LogP contribution in [0.15, 0.2) is 53.6 Å². The van der Waals surface area contributed by atoms with E-state index in [1.165, 1.54) is 0 Å². The first-order valence-corrected chi connectivity index (χ1v) is 5.85. The van der Waals surface area contributed by atoms with Crippen molar-refractivity contribution in [3.63, 3.8) is 0 Å². The molecule has 4 heteroatoms. The van der Waals surface area contributed by atoms with Gasteiger partial charge in [0.1, 0.15) is 0 Å². The maximum Gasteiger partial charge on any atom is 0.335 e. The van der Waals surface area contributed by atoms with Gasteiger partial charge in [-0.25, -0.2) is 4.79 Å². The summed E-state index contributed by atoms with van der Waals surface area (Å²) in [4.78, 5) is 10.7. The van der Waals surface area contributed by atoms with Gasteiger partial charge in [-0.1, -0.05) is 30.3 Å². The molecule has 0 fully saturated rings. The fourth-order valence-electron chi connectivity index (χ4n) is 1.59. The Morgan fingerprint density at radius 3 is 2.47 bits per heavy atom. The van der Waals surface area contributed by atoms with Crippen LogP contribution < -0.4 is 5.43 Å². The number of hydrazone groups is 1. The molecule has 0 saturated heterocycles. The van der Waals surface area contributed by atoms with Crippen LogP contribution in [0.2, 0.25) is 0 Å². The first kappa shape index (κ1) is 12.8. The van der Waals surface area contributed by atoms with Crippen LogP contribution in [0, 0.1) is 6.92 Å². The van der Waals surface area contributed by atoms with Crippen molar-refractivity contribution in [2.45, 2.75) is 6.92 Å². The molecule has 0 heterocycles. The van der Waals surface area contributed by atoms with Crippen LogP contribution in [0.5, 0.6) is 0 Å². The third kappa shape index (κ3) is 3.42. The van der Waals surface area contributed by atoms with E-state index in [2.05, 4.69) is 10.5 Å². The lowest BCUT2D eigenvalue weighted by molar-refractivity contribution is 0.0697. The predicted molar refractivity (Wildman–Crippen MR) is 75.8 cm³/mol. The molecule has 4 nitrogen and oxygen atoms in total. The van der Waals surface area contributed by atoms with E-state index in [4.69, 9.17) is 5.11 Å². The Labute approximate surface area is 111 Å². The monoisotopic (exact) mass is 254 g/mol. The predicted octanol–water partition coefficient (Wildman–Crippen LogP) is 3.14. The van der Waals surface area contributed by atoms with Crippen LogP contribution in [-0.4, -0.2) is 17.3 Å². The summed E-state index contributed by atoms with van der Waals surface area (Å²) in [7, 11) is 0. The SMILES string of the molecule is Cc1ccccc1N/N=C\c1ccc(C(=O)O)cc1. The Bertz CT molecular complexity index is 604. The standard InChI is InChI=1S/C15H14N2O2/c1-11-4-2-3-5-14(11)17-16-10-12-6-8-13(9-7-12)15(18)19/h2-10,17H,1H3,(H,18,19)/b16-10-. The molecule has 0 saturated carbocycles. The van der Waals surface area contributed by atoms with E-state index < -0.39 is 5.97 Å². The zero-order valence-corrected chi connectivity index (χ0v) is 10.5. The van der Waals surface area contributed by atoms with Gasteiger partial charge in [-0.3, -0.25) is 5.43 Å². The summed E-state index contributed by atoms with van der Waals surface area (Å²) < 4.78 is 0. The highest BCUT2D eigenvalue weighted by Crippen LogP contribution is 2.12. The van der Waals surface area contributed by atoms with E-state index in [1.54, 1.807) is 30.5 Å². The molecule has 0 bridgehead atoms. The fraction of sp³-hybridized carbons (Fsp3) is 0.0667. The number of carboxylic acid groups (broad SMARTS) is 1. The van der Waals surface area contributed by atoms with Crippen molar-refractivity contribution in [2.75, 3.05) is 5.43 Å². The van der Waals surface area contributed by atoms with Crippen molar-refractivity contribution in [1.29, 1.82) is 0 Å². The smallest absolute Gasteiger partial charge is 0.335 e. The van der Waals surface area contributed by atoms with Crippen LogP contribution in [0.1, 0.15) is 21.5 Å². The maximum atomic E-state index is 10.7. The molecule has 0 aliphatic carbocycles. The van der Waals surface area contributed by atoms with Gasteiger partial charge in [0, 0.05) is 0 Å². The Kier molecular flexibility index (Phi) is 3.93. The number of aryl methyl sites for hydroxylation is 1. The van der Waals surface area contributed by atoms with E-state index in [-0.39, 0.29) is 5.56 Å². The van der Waals surface area contributed by atoms with Gasteiger partial charge in [0.2, 0.25) is 0 Å². The number of benzene rings is 2. The number of carboxylic acids is 1. The molecule has 0 radical (unpaired) electrons. The van der Waals surface area contributed by atoms with Crippen molar-refractivity contribution >= 4 is 17.9 Å². The lowest BCUT2D eigenvalue weighted by Gasteiger charge is -2.03. The summed E-state index contributed by atoms with van der Waals surface area (Å²) in [5, 5.41) is 12.9. The molecule has 0 unspecified atom stereocenters. The summed E-state index contributed by atoms with van der Waals surface area (Å²) in [6.07, 6.45) is 1.65. The number of aromatic carboxylic acids is 1. The number of hydrogen-bond donors (Lipinski definition) is 2. The topological polar surface area (TPSA) is 61.7 Å². The average molecular weight is 254 g/mol. The molecule has 2 N–H and O–H groups in total. The number of nitrogens with zero attached hydrogens (tertiary/aromatic N) is 1. The van der Waals surface area contributed by atoms with Crippen molar-refractivity contribution in [3.8, 4) is 0 Å². The molecule has 2 aromatic carbocycles. The molecule has 96 valence electrons. The summed E-state index contributed by atoms with van der Waals surface area (Å²) in [5.74, 6) is -0.929. The van der Waals surface area contributed by atoms with Crippen molar-refractivity contribution in [3.05, 3.63) is 65.2 Å². The van der Waals surface area contributed by atoms with E-state index >= 15 is 0 Å². The normalized spacial score (nSPS) is 10.6. The highest BCUT2D eigenvalue weighted by molar-refractivity contribution is 5.89. The van der Waals surface area contributed by atoms with E-state index in [0.29, 0.717) is 0 Å². The molecular formula is C15H14N2O2. The van der Waals surface area contributed by atoms with Gasteiger partial charge in [0.15, 0.2) is 0 Å². The molecule has 0 spiro atoms. The molecule has 0 aliphatic heterocycles. The zero-order chi connectivity index (χ0) is 13.7. The summed E-state index contributed by atoms with van der Waals surface area (Å²) in [5.41, 5.74) is 6.12. The third-order valence-corrected chi connectivity index (χ3v) is 2.70. The molecular weight excluding hydrogens is 240 g/mol. The van der Waals surface area contributed by atoms with E-state index in [1.807, 2.05) is 31.2 Å². The largest absolute Gasteiger partial charge is 0.478 e. The molecule has 0 atom stereocenters. The Morgan fingerprint density at radius 1 is 1.16 bits per heavy atom. The minimum absolute atomic E-state index is 0.268. The highest BCUT2D eigenvalue weighted by atomic mass is 16.4. The second kappa shape index (κ2) is 5.82. The minimum atomic E-state index is -0.929. The van der Waals surface area contributed by atoms with Gasteiger partial charge < -0.3 is 5.11 Å². The Morgan fingerprint density at radius 2 is 1.84 bits per heavy atom. The third-order valence-electron chi connectivity index (χ3n) is 2.70. The van der Waals surface area contributed by atoms with Crippen LogP contribution in [0.3, 0.4) is 0 Å². The lowest BCUT2D eigenvalue weighted by Crippen LogP contribution is -1.96. The second-order valence-electron chi connectivity index (χ2n) is 4.11. The molecule has 0 aliphatic rings. The number of carbonyl (C=O) groups is 1.